The summed E-state index contributed by atoms with van der Waals surface area (Å²) in [6.45, 7) is 6.21. The van der Waals surface area contributed by atoms with Crippen LogP contribution in [0.4, 0.5) is 11.4 Å². The first-order valence-electron chi connectivity index (χ1n) is 9.40. The van der Waals surface area contributed by atoms with Crippen LogP contribution in [-0.2, 0) is 9.59 Å². The Bertz CT molecular complexity index is 850. The number of nitrogens with zero attached hydrogens (tertiary/aromatic N) is 1. The second kappa shape index (κ2) is 8.61. The molecule has 2 amide bonds. The number of benzene rings is 2. The maximum atomic E-state index is 12.6. The van der Waals surface area contributed by atoms with Crippen molar-refractivity contribution in [3.05, 3.63) is 59.2 Å². The molecule has 0 aromatic heterocycles. The molecule has 1 saturated heterocycles. The maximum absolute atomic E-state index is 12.6. The van der Waals surface area contributed by atoms with E-state index < -0.39 is 0 Å². The molecule has 142 valence electrons. The Kier molecular flexibility index (Phi) is 6.22. The Morgan fingerprint density at radius 2 is 2.00 bits per heavy atom. The lowest BCUT2D eigenvalue weighted by Gasteiger charge is -2.25. The van der Waals surface area contributed by atoms with Gasteiger partial charge in [0.1, 0.15) is 5.37 Å². The number of carbonyl (C=O) groups is 2. The minimum Gasteiger partial charge on any atom is -0.326 e. The van der Waals surface area contributed by atoms with E-state index in [1.807, 2.05) is 35.2 Å². The zero-order valence-electron chi connectivity index (χ0n) is 16.1. The normalized spacial score (nSPS) is 16.6. The molecule has 2 aromatic rings. The molecule has 3 rings (SSSR count). The molecule has 0 saturated carbocycles. The Balaban J connectivity index is 1.84. The van der Waals surface area contributed by atoms with Gasteiger partial charge >= 0.3 is 0 Å². The molecule has 0 unspecified atom stereocenters. The van der Waals surface area contributed by atoms with E-state index in [1.165, 1.54) is 11.1 Å². The summed E-state index contributed by atoms with van der Waals surface area (Å²) in [5.41, 5.74) is 5.13. The molecule has 5 heteroatoms. The highest BCUT2D eigenvalue weighted by atomic mass is 32.2. The zero-order chi connectivity index (χ0) is 19.4. The van der Waals surface area contributed by atoms with Gasteiger partial charge in [0.2, 0.25) is 11.8 Å². The summed E-state index contributed by atoms with van der Waals surface area (Å²) in [6, 6.07) is 14.0. The monoisotopic (exact) mass is 382 g/mol. The predicted octanol–water partition coefficient (Wildman–Crippen LogP) is 5.21. The molecule has 2 aromatic carbocycles. The number of amides is 2. The first-order valence-corrected chi connectivity index (χ1v) is 10.4. The van der Waals surface area contributed by atoms with Crippen molar-refractivity contribution < 1.29 is 9.59 Å². The molecular weight excluding hydrogens is 356 g/mol. The predicted molar refractivity (Wildman–Crippen MR) is 113 cm³/mol. The van der Waals surface area contributed by atoms with Gasteiger partial charge in [0.25, 0.3) is 0 Å². The summed E-state index contributed by atoms with van der Waals surface area (Å²) < 4.78 is 0. The average Bonchev–Trinajstić information content (AvgIpc) is 3.04. The lowest BCUT2D eigenvalue weighted by atomic mass is 10.1. The number of thioether (sulfide) groups is 1. The van der Waals surface area contributed by atoms with Gasteiger partial charge in [0.15, 0.2) is 0 Å². The van der Waals surface area contributed by atoms with E-state index in [2.05, 4.69) is 38.2 Å². The Morgan fingerprint density at radius 3 is 2.74 bits per heavy atom. The molecule has 1 aliphatic heterocycles. The van der Waals surface area contributed by atoms with Crippen molar-refractivity contribution in [1.29, 1.82) is 0 Å². The number of carbonyl (C=O) groups excluding carboxylic acids is 2. The second-order valence-electron chi connectivity index (χ2n) is 6.97. The average molecular weight is 383 g/mol. The summed E-state index contributed by atoms with van der Waals surface area (Å²) >= 11 is 1.62. The molecule has 1 aliphatic rings. The Hall–Kier alpha value is -2.27. The Morgan fingerprint density at radius 1 is 1.19 bits per heavy atom. The molecule has 1 fully saturated rings. The van der Waals surface area contributed by atoms with Gasteiger partial charge in [-0.2, -0.15) is 0 Å². The third kappa shape index (κ3) is 4.53. The van der Waals surface area contributed by atoms with Crippen molar-refractivity contribution in [1.82, 2.24) is 0 Å². The lowest BCUT2D eigenvalue weighted by molar-refractivity contribution is -0.116. The molecule has 0 bridgehead atoms. The van der Waals surface area contributed by atoms with E-state index in [0.29, 0.717) is 12.2 Å². The van der Waals surface area contributed by atoms with Crippen molar-refractivity contribution in [2.45, 2.75) is 45.4 Å². The second-order valence-corrected chi connectivity index (χ2v) is 8.04. The van der Waals surface area contributed by atoms with Crippen LogP contribution in [0.15, 0.2) is 42.5 Å². The van der Waals surface area contributed by atoms with Crippen molar-refractivity contribution >= 4 is 35.0 Å². The number of rotatable bonds is 6. The summed E-state index contributed by atoms with van der Waals surface area (Å²) in [5.74, 6) is 0.616. The number of hydrogen-bond donors (Lipinski definition) is 1. The van der Waals surface area contributed by atoms with Gasteiger partial charge < -0.3 is 5.32 Å². The van der Waals surface area contributed by atoms with Gasteiger partial charge in [-0.3, -0.25) is 14.5 Å². The van der Waals surface area contributed by atoms with E-state index in [4.69, 9.17) is 0 Å². The van der Waals surface area contributed by atoms with Crippen LogP contribution in [0.5, 0.6) is 0 Å². The van der Waals surface area contributed by atoms with Gasteiger partial charge in [0.05, 0.1) is 5.75 Å². The fourth-order valence-electron chi connectivity index (χ4n) is 3.16. The van der Waals surface area contributed by atoms with E-state index in [0.717, 1.165) is 29.8 Å². The Labute approximate surface area is 165 Å². The number of nitrogens with one attached hydrogen (secondary N) is 1. The zero-order valence-corrected chi connectivity index (χ0v) is 16.9. The van der Waals surface area contributed by atoms with Crippen LogP contribution in [0, 0.1) is 13.8 Å². The van der Waals surface area contributed by atoms with Crippen LogP contribution in [0.1, 0.15) is 48.3 Å². The summed E-state index contributed by atoms with van der Waals surface area (Å²) in [5, 5.41) is 2.89. The molecule has 0 aliphatic carbocycles. The molecule has 1 N–H and O–H groups in total. The number of hydrogen-bond acceptors (Lipinski definition) is 3. The van der Waals surface area contributed by atoms with Gasteiger partial charge in [-0.05, 0) is 61.2 Å². The van der Waals surface area contributed by atoms with Crippen LogP contribution in [0.25, 0.3) is 0 Å². The fraction of sp³-hybridized carbons (Fsp3) is 0.364. The van der Waals surface area contributed by atoms with Crippen molar-refractivity contribution in [2.24, 2.45) is 0 Å². The molecular formula is C22H26N2O2S. The lowest BCUT2D eigenvalue weighted by Crippen LogP contribution is -2.28. The van der Waals surface area contributed by atoms with Crippen LogP contribution in [0.3, 0.4) is 0 Å². The molecule has 1 atom stereocenters. The van der Waals surface area contributed by atoms with Gasteiger partial charge in [-0.1, -0.05) is 31.5 Å². The summed E-state index contributed by atoms with van der Waals surface area (Å²) in [7, 11) is 0. The summed E-state index contributed by atoms with van der Waals surface area (Å²) in [4.78, 5) is 26.5. The maximum Gasteiger partial charge on any atom is 0.238 e. The third-order valence-electron chi connectivity index (χ3n) is 4.85. The standard InChI is InChI=1S/C22H26N2O2S/c1-4-5-9-20(25)23-18-8-6-7-17(13-18)22-24(21(26)14-27-22)19-11-10-15(2)16(3)12-19/h6-8,10-13,22H,4-5,9,14H2,1-3H3,(H,23,25)/t22-/m1/s1. The van der Waals surface area contributed by atoms with Crippen molar-refractivity contribution in [2.75, 3.05) is 16.0 Å². The van der Waals surface area contributed by atoms with Crippen LogP contribution >= 0.6 is 11.8 Å². The van der Waals surface area contributed by atoms with Crippen LogP contribution in [-0.4, -0.2) is 17.6 Å². The van der Waals surface area contributed by atoms with E-state index >= 15 is 0 Å². The highest BCUT2D eigenvalue weighted by Crippen LogP contribution is 2.42. The molecule has 4 nitrogen and oxygen atoms in total. The molecule has 27 heavy (non-hydrogen) atoms. The highest BCUT2D eigenvalue weighted by molar-refractivity contribution is 8.00. The van der Waals surface area contributed by atoms with Gasteiger partial charge in [-0.15, -0.1) is 11.8 Å². The van der Waals surface area contributed by atoms with Gasteiger partial charge in [0, 0.05) is 17.8 Å². The van der Waals surface area contributed by atoms with E-state index in [1.54, 1.807) is 11.8 Å². The van der Waals surface area contributed by atoms with Crippen LogP contribution < -0.4 is 10.2 Å². The van der Waals surface area contributed by atoms with E-state index in [9.17, 15) is 9.59 Å². The van der Waals surface area contributed by atoms with Crippen molar-refractivity contribution in [3.63, 3.8) is 0 Å². The van der Waals surface area contributed by atoms with Gasteiger partial charge in [-0.25, -0.2) is 0 Å². The smallest absolute Gasteiger partial charge is 0.238 e. The highest BCUT2D eigenvalue weighted by Gasteiger charge is 2.34. The topological polar surface area (TPSA) is 49.4 Å². The largest absolute Gasteiger partial charge is 0.326 e. The van der Waals surface area contributed by atoms with E-state index in [-0.39, 0.29) is 17.2 Å². The fourth-order valence-corrected chi connectivity index (χ4v) is 4.32. The summed E-state index contributed by atoms with van der Waals surface area (Å²) in [6.07, 6.45) is 2.42. The first-order chi connectivity index (χ1) is 13.0. The molecule has 0 radical (unpaired) electrons. The number of anilines is 2. The first kappa shape index (κ1) is 19.5. The minimum atomic E-state index is -0.0768. The molecule has 0 spiro atoms. The minimum absolute atomic E-state index is 0.0372. The molecule has 1 heterocycles. The third-order valence-corrected chi connectivity index (χ3v) is 6.06. The SMILES string of the molecule is CCCCC(=O)Nc1cccc([C@H]2SCC(=O)N2c2ccc(C)c(C)c2)c1. The van der Waals surface area contributed by atoms with Crippen molar-refractivity contribution in [3.8, 4) is 0 Å². The number of aryl methyl sites for hydroxylation is 2. The number of unbranched alkanes of at least 4 members (excludes halogenated alkanes) is 1. The van der Waals surface area contributed by atoms with Crippen LogP contribution in [0.2, 0.25) is 0 Å². The quantitative estimate of drug-likeness (QED) is 0.746.